The number of hydrogen-bond donors (Lipinski definition) is 1. The van der Waals surface area contributed by atoms with Gasteiger partial charge in [-0.3, -0.25) is 0 Å². The molecule has 11 heavy (non-hydrogen) atoms. The van der Waals surface area contributed by atoms with Gasteiger partial charge in [-0.25, -0.2) is 10.3 Å². The summed E-state index contributed by atoms with van der Waals surface area (Å²) in [7, 11) is 0. The molecule has 0 unspecified atom stereocenters. The minimum Gasteiger partial charge on any atom is -0.325 e. The number of pyridine rings is 1. The molecule has 0 amide bonds. The van der Waals surface area contributed by atoms with E-state index in [1.54, 1.807) is 6.20 Å². The fourth-order valence-electron chi connectivity index (χ4n) is 1.03. The maximum atomic E-state index is 5.42. The SMILES string of the molecule is NCc1ccc2c(n1)[N]C=C2. The van der Waals surface area contributed by atoms with Crippen LogP contribution in [0.5, 0.6) is 0 Å². The molecule has 2 heterocycles. The third-order valence-corrected chi connectivity index (χ3v) is 1.62. The highest BCUT2D eigenvalue weighted by Crippen LogP contribution is 2.20. The first kappa shape index (κ1) is 6.37. The van der Waals surface area contributed by atoms with Gasteiger partial charge in [-0.2, -0.15) is 0 Å². The molecule has 0 bridgehead atoms. The van der Waals surface area contributed by atoms with E-state index < -0.39 is 0 Å². The lowest BCUT2D eigenvalue weighted by atomic mass is 10.2. The monoisotopic (exact) mass is 146 g/mol. The zero-order valence-corrected chi connectivity index (χ0v) is 5.99. The van der Waals surface area contributed by atoms with Crippen molar-refractivity contribution in [1.29, 1.82) is 0 Å². The van der Waals surface area contributed by atoms with Crippen molar-refractivity contribution in [3.05, 3.63) is 29.6 Å². The lowest BCUT2D eigenvalue weighted by Crippen LogP contribution is -2.00. The summed E-state index contributed by atoms with van der Waals surface area (Å²) in [6.07, 6.45) is 3.68. The number of nitrogens with two attached hydrogens (primary N) is 1. The van der Waals surface area contributed by atoms with Gasteiger partial charge in [0.2, 0.25) is 0 Å². The molecule has 0 atom stereocenters. The van der Waals surface area contributed by atoms with Crippen molar-refractivity contribution in [1.82, 2.24) is 10.3 Å². The van der Waals surface area contributed by atoms with Crippen LogP contribution >= 0.6 is 0 Å². The van der Waals surface area contributed by atoms with Crippen LogP contribution in [-0.4, -0.2) is 4.98 Å². The van der Waals surface area contributed by atoms with E-state index >= 15 is 0 Å². The number of hydrogen-bond acceptors (Lipinski definition) is 2. The van der Waals surface area contributed by atoms with E-state index in [9.17, 15) is 0 Å². The number of nitrogens with zero attached hydrogens (tertiary/aromatic N) is 2. The molecule has 55 valence electrons. The molecule has 0 aromatic carbocycles. The Bertz CT molecular complexity index is 304. The molecule has 3 heteroatoms. The van der Waals surface area contributed by atoms with Crippen molar-refractivity contribution >= 4 is 11.9 Å². The minimum absolute atomic E-state index is 0.475. The van der Waals surface area contributed by atoms with Crippen LogP contribution in [0.3, 0.4) is 0 Å². The molecule has 0 fully saturated rings. The molecule has 1 aromatic rings. The summed E-state index contributed by atoms with van der Waals surface area (Å²) in [5.41, 5.74) is 7.38. The molecule has 0 aliphatic carbocycles. The van der Waals surface area contributed by atoms with Crippen molar-refractivity contribution in [2.75, 3.05) is 0 Å². The van der Waals surface area contributed by atoms with Crippen molar-refractivity contribution < 1.29 is 0 Å². The van der Waals surface area contributed by atoms with Crippen molar-refractivity contribution in [2.45, 2.75) is 6.54 Å². The number of aromatic nitrogens is 1. The summed E-state index contributed by atoms with van der Waals surface area (Å²) >= 11 is 0. The second kappa shape index (κ2) is 2.36. The van der Waals surface area contributed by atoms with Crippen LogP contribution in [-0.2, 0) is 6.54 Å². The van der Waals surface area contributed by atoms with Crippen LogP contribution in [0.15, 0.2) is 18.3 Å². The summed E-state index contributed by atoms with van der Waals surface area (Å²) in [6, 6.07) is 3.90. The van der Waals surface area contributed by atoms with E-state index in [-0.39, 0.29) is 0 Å². The fraction of sp³-hybridized carbons (Fsp3) is 0.125. The minimum atomic E-state index is 0.475. The van der Waals surface area contributed by atoms with Crippen molar-refractivity contribution in [3.8, 4) is 0 Å². The van der Waals surface area contributed by atoms with Gasteiger partial charge in [0.05, 0.1) is 5.69 Å². The first-order valence-electron chi connectivity index (χ1n) is 3.47. The summed E-state index contributed by atoms with van der Waals surface area (Å²) in [5, 5.41) is 4.06. The average Bonchev–Trinajstić information content (AvgIpc) is 2.50. The van der Waals surface area contributed by atoms with Crippen molar-refractivity contribution in [2.24, 2.45) is 5.73 Å². The Labute approximate surface area is 64.9 Å². The average molecular weight is 146 g/mol. The molecule has 0 saturated carbocycles. The van der Waals surface area contributed by atoms with Gasteiger partial charge < -0.3 is 5.73 Å². The van der Waals surface area contributed by atoms with Gasteiger partial charge >= 0.3 is 0 Å². The number of fused-ring (bicyclic) bond motifs is 1. The van der Waals surface area contributed by atoms with Crippen LogP contribution in [0.1, 0.15) is 11.3 Å². The highest BCUT2D eigenvalue weighted by molar-refractivity contribution is 5.65. The van der Waals surface area contributed by atoms with E-state index in [1.807, 2.05) is 18.2 Å². The molecule has 3 nitrogen and oxygen atoms in total. The van der Waals surface area contributed by atoms with Crippen LogP contribution in [0.25, 0.3) is 6.08 Å². The van der Waals surface area contributed by atoms with Gasteiger partial charge in [-0.1, -0.05) is 0 Å². The molecular weight excluding hydrogens is 138 g/mol. The zero-order valence-electron chi connectivity index (χ0n) is 5.99. The lowest BCUT2D eigenvalue weighted by Gasteiger charge is -1.98. The topological polar surface area (TPSA) is 53.0 Å². The molecule has 1 radical (unpaired) electrons. The zero-order chi connectivity index (χ0) is 7.68. The molecule has 2 rings (SSSR count). The first-order valence-corrected chi connectivity index (χ1v) is 3.47. The third kappa shape index (κ3) is 0.991. The Morgan fingerprint density at radius 1 is 1.36 bits per heavy atom. The van der Waals surface area contributed by atoms with E-state index in [0.29, 0.717) is 6.54 Å². The maximum Gasteiger partial charge on any atom is 0.159 e. The third-order valence-electron chi connectivity index (χ3n) is 1.62. The summed E-state index contributed by atoms with van der Waals surface area (Å²) in [5.74, 6) is 0.785. The number of rotatable bonds is 1. The molecule has 1 aliphatic rings. The predicted octanol–water partition coefficient (Wildman–Crippen LogP) is 0.761. The fourth-order valence-corrected chi connectivity index (χ4v) is 1.03. The molecule has 0 spiro atoms. The van der Waals surface area contributed by atoms with Gasteiger partial charge in [0.15, 0.2) is 5.82 Å². The highest BCUT2D eigenvalue weighted by atomic mass is 15.0. The van der Waals surface area contributed by atoms with E-state index in [2.05, 4.69) is 10.3 Å². The molecular formula is C8H8N3. The van der Waals surface area contributed by atoms with Crippen LogP contribution in [0.2, 0.25) is 0 Å². The van der Waals surface area contributed by atoms with Crippen LogP contribution < -0.4 is 11.1 Å². The quantitative estimate of drug-likeness (QED) is 0.636. The molecule has 0 saturated heterocycles. The summed E-state index contributed by atoms with van der Waals surface area (Å²) in [6.45, 7) is 0.475. The summed E-state index contributed by atoms with van der Waals surface area (Å²) in [4.78, 5) is 4.22. The van der Waals surface area contributed by atoms with Crippen LogP contribution in [0.4, 0.5) is 5.82 Å². The van der Waals surface area contributed by atoms with E-state index in [4.69, 9.17) is 5.73 Å². The Morgan fingerprint density at radius 3 is 3.09 bits per heavy atom. The summed E-state index contributed by atoms with van der Waals surface area (Å²) < 4.78 is 0. The largest absolute Gasteiger partial charge is 0.325 e. The van der Waals surface area contributed by atoms with Gasteiger partial charge in [0, 0.05) is 18.3 Å². The van der Waals surface area contributed by atoms with Crippen molar-refractivity contribution in [3.63, 3.8) is 0 Å². The van der Waals surface area contributed by atoms with E-state index in [0.717, 1.165) is 17.1 Å². The molecule has 2 N–H and O–H groups in total. The van der Waals surface area contributed by atoms with Gasteiger partial charge in [0.1, 0.15) is 0 Å². The standard InChI is InChI=1S/C8H8N3/c9-5-7-2-1-6-3-4-10-8(6)11-7/h1-4H,5,9H2. The Kier molecular flexibility index (Phi) is 1.36. The predicted molar refractivity (Wildman–Crippen MR) is 43.0 cm³/mol. The van der Waals surface area contributed by atoms with Gasteiger partial charge in [-0.15, -0.1) is 0 Å². The Balaban J connectivity index is 2.45. The highest BCUT2D eigenvalue weighted by Gasteiger charge is 2.06. The first-order chi connectivity index (χ1) is 5.40. The second-order valence-electron chi connectivity index (χ2n) is 2.36. The lowest BCUT2D eigenvalue weighted by molar-refractivity contribution is 0.967. The Hall–Kier alpha value is -1.35. The molecule has 1 aromatic heterocycles. The van der Waals surface area contributed by atoms with Gasteiger partial charge in [0.25, 0.3) is 0 Å². The smallest absolute Gasteiger partial charge is 0.159 e. The molecule has 1 aliphatic heterocycles. The maximum absolute atomic E-state index is 5.42. The van der Waals surface area contributed by atoms with Gasteiger partial charge in [-0.05, 0) is 18.2 Å². The Morgan fingerprint density at radius 2 is 2.27 bits per heavy atom. The normalized spacial score (nSPS) is 12.8. The van der Waals surface area contributed by atoms with Crippen LogP contribution in [0, 0.1) is 0 Å². The van der Waals surface area contributed by atoms with E-state index in [1.165, 1.54) is 0 Å². The second-order valence-corrected chi connectivity index (χ2v) is 2.36.